The molecule has 0 saturated heterocycles. The first-order valence-corrected chi connectivity index (χ1v) is 5.78. The number of rotatable bonds is 8. The average molecular weight is 231 g/mol. The lowest BCUT2D eigenvalue weighted by atomic mass is 10.3. The first kappa shape index (κ1) is 14.3. The molecule has 0 aromatic carbocycles. The summed E-state index contributed by atoms with van der Waals surface area (Å²) in [6.07, 6.45) is 1.94. The van der Waals surface area contributed by atoms with E-state index in [0.717, 1.165) is 25.9 Å². The fraction of sp³-hybridized carbons (Fsp3) is 0.800. The Kier molecular flexibility index (Phi) is 8.22. The standard InChI is InChI=1S/C10H21N3OS/c1-3-5-12-10(14)8-13(6-4-2)7-9(11)15/h3-8H2,1-2H3,(H2,11,15)(H,12,14). The number of hydrogen-bond acceptors (Lipinski definition) is 3. The minimum absolute atomic E-state index is 0.0431. The quantitative estimate of drug-likeness (QED) is 0.598. The fourth-order valence-electron chi connectivity index (χ4n) is 1.27. The molecule has 3 N–H and O–H groups in total. The summed E-state index contributed by atoms with van der Waals surface area (Å²) in [5.41, 5.74) is 5.46. The molecule has 0 radical (unpaired) electrons. The van der Waals surface area contributed by atoms with Gasteiger partial charge in [0.05, 0.1) is 11.5 Å². The van der Waals surface area contributed by atoms with Crippen LogP contribution in [0.3, 0.4) is 0 Å². The summed E-state index contributed by atoms with van der Waals surface area (Å²) in [5, 5.41) is 2.83. The molecule has 0 aliphatic carbocycles. The van der Waals surface area contributed by atoms with E-state index in [0.29, 0.717) is 18.1 Å². The third-order valence-corrected chi connectivity index (χ3v) is 1.99. The van der Waals surface area contributed by atoms with Crippen molar-refractivity contribution in [2.45, 2.75) is 26.7 Å². The number of amides is 1. The van der Waals surface area contributed by atoms with Crippen molar-refractivity contribution in [3.8, 4) is 0 Å². The molecule has 4 nitrogen and oxygen atoms in total. The molecule has 0 aliphatic rings. The molecule has 0 spiro atoms. The summed E-state index contributed by atoms with van der Waals surface area (Å²) in [6, 6.07) is 0. The monoisotopic (exact) mass is 231 g/mol. The fourth-order valence-corrected chi connectivity index (χ4v) is 1.46. The van der Waals surface area contributed by atoms with Crippen molar-refractivity contribution in [1.29, 1.82) is 0 Å². The Balaban J connectivity index is 3.92. The Hall–Kier alpha value is -0.680. The first-order valence-electron chi connectivity index (χ1n) is 5.37. The van der Waals surface area contributed by atoms with Gasteiger partial charge in [0.1, 0.15) is 0 Å². The van der Waals surface area contributed by atoms with Crippen molar-refractivity contribution in [1.82, 2.24) is 10.2 Å². The van der Waals surface area contributed by atoms with Crippen LogP contribution in [-0.2, 0) is 4.79 Å². The zero-order valence-corrected chi connectivity index (χ0v) is 10.4. The molecule has 1 amide bonds. The Bertz CT molecular complexity index is 209. The molecule has 0 aliphatic heterocycles. The second-order valence-corrected chi connectivity index (χ2v) is 4.05. The smallest absolute Gasteiger partial charge is 0.234 e. The van der Waals surface area contributed by atoms with E-state index in [1.165, 1.54) is 0 Å². The molecule has 0 heterocycles. The Labute approximate surface area is 97.2 Å². The van der Waals surface area contributed by atoms with Crippen LogP contribution in [0, 0.1) is 0 Å². The minimum atomic E-state index is 0.0431. The van der Waals surface area contributed by atoms with Crippen molar-refractivity contribution in [3.63, 3.8) is 0 Å². The minimum Gasteiger partial charge on any atom is -0.392 e. The van der Waals surface area contributed by atoms with Gasteiger partial charge in [0, 0.05) is 13.1 Å². The highest BCUT2D eigenvalue weighted by molar-refractivity contribution is 7.80. The van der Waals surface area contributed by atoms with E-state index in [4.69, 9.17) is 18.0 Å². The van der Waals surface area contributed by atoms with E-state index in [1.54, 1.807) is 0 Å². The number of thiocarbonyl (C=S) groups is 1. The van der Waals surface area contributed by atoms with Gasteiger partial charge in [-0.2, -0.15) is 0 Å². The number of hydrogen-bond donors (Lipinski definition) is 2. The molecular formula is C10H21N3OS. The van der Waals surface area contributed by atoms with Crippen molar-refractivity contribution in [3.05, 3.63) is 0 Å². The van der Waals surface area contributed by atoms with Crippen LogP contribution >= 0.6 is 12.2 Å². The normalized spacial score (nSPS) is 10.3. The van der Waals surface area contributed by atoms with Crippen LogP contribution < -0.4 is 11.1 Å². The maximum atomic E-state index is 11.4. The van der Waals surface area contributed by atoms with Gasteiger partial charge in [-0.05, 0) is 19.4 Å². The van der Waals surface area contributed by atoms with Gasteiger partial charge in [-0.25, -0.2) is 0 Å². The van der Waals surface area contributed by atoms with Gasteiger partial charge in [0.15, 0.2) is 0 Å². The predicted molar refractivity (Wildman–Crippen MR) is 66.8 cm³/mol. The van der Waals surface area contributed by atoms with Gasteiger partial charge in [0.25, 0.3) is 0 Å². The molecule has 0 rings (SSSR count). The zero-order chi connectivity index (χ0) is 11.7. The molecule has 0 unspecified atom stereocenters. The van der Waals surface area contributed by atoms with E-state index in [9.17, 15) is 4.79 Å². The lowest BCUT2D eigenvalue weighted by Crippen LogP contribution is -2.41. The average Bonchev–Trinajstić information content (AvgIpc) is 2.14. The lowest BCUT2D eigenvalue weighted by Gasteiger charge is -2.20. The highest BCUT2D eigenvalue weighted by Crippen LogP contribution is 1.91. The highest BCUT2D eigenvalue weighted by atomic mass is 32.1. The molecule has 0 fully saturated rings. The van der Waals surface area contributed by atoms with Gasteiger partial charge in [0.2, 0.25) is 5.91 Å². The lowest BCUT2D eigenvalue weighted by molar-refractivity contribution is -0.122. The van der Waals surface area contributed by atoms with Crippen molar-refractivity contribution >= 4 is 23.1 Å². The first-order chi connectivity index (χ1) is 7.10. The van der Waals surface area contributed by atoms with Crippen LogP contribution in [0.1, 0.15) is 26.7 Å². The van der Waals surface area contributed by atoms with E-state index in [-0.39, 0.29) is 5.91 Å². The third kappa shape index (κ3) is 8.32. The van der Waals surface area contributed by atoms with E-state index >= 15 is 0 Å². The summed E-state index contributed by atoms with van der Waals surface area (Å²) >= 11 is 4.83. The van der Waals surface area contributed by atoms with Crippen molar-refractivity contribution in [2.24, 2.45) is 5.73 Å². The van der Waals surface area contributed by atoms with Gasteiger partial charge in [-0.15, -0.1) is 0 Å². The summed E-state index contributed by atoms with van der Waals surface area (Å²) < 4.78 is 0. The Morgan fingerprint density at radius 1 is 1.33 bits per heavy atom. The molecule has 0 aromatic heterocycles. The van der Waals surface area contributed by atoms with Gasteiger partial charge < -0.3 is 11.1 Å². The number of nitrogens with one attached hydrogen (secondary N) is 1. The van der Waals surface area contributed by atoms with Gasteiger partial charge >= 0.3 is 0 Å². The highest BCUT2D eigenvalue weighted by Gasteiger charge is 2.09. The number of nitrogens with zero attached hydrogens (tertiary/aromatic N) is 1. The van der Waals surface area contributed by atoms with E-state index < -0.39 is 0 Å². The summed E-state index contributed by atoms with van der Waals surface area (Å²) in [6.45, 7) is 6.56. The predicted octanol–water partition coefficient (Wildman–Crippen LogP) is 0.511. The Morgan fingerprint density at radius 3 is 2.47 bits per heavy atom. The van der Waals surface area contributed by atoms with Crippen LogP contribution in [0.5, 0.6) is 0 Å². The molecule has 0 atom stereocenters. The molecule has 0 bridgehead atoms. The molecule has 88 valence electrons. The molecule has 0 saturated carbocycles. The third-order valence-electron chi connectivity index (χ3n) is 1.86. The Morgan fingerprint density at radius 2 is 2.00 bits per heavy atom. The summed E-state index contributed by atoms with van der Waals surface area (Å²) in [5.74, 6) is 0.0431. The second kappa shape index (κ2) is 8.61. The molecule has 0 aromatic rings. The van der Waals surface area contributed by atoms with Crippen molar-refractivity contribution < 1.29 is 4.79 Å². The van der Waals surface area contributed by atoms with Crippen LogP contribution in [0.25, 0.3) is 0 Å². The van der Waals surface area contributed by atoms with Gasteiger partial charge in [-0.1, -0.05) is 26.1 Å². The molecule has 5 heteroatoms. The number of carbonyl (C=O) groups excluding carboxylic acids is 1. The van der Waals surface area contributed by atoms with Gasteiger partial charge in [-0.3, -0.25) is 9.69 Å². The maximum absolute atomic E-state index is 11.4. The van der Waals surface area contributed by atoms with Crippen LogP contribution in [-0.4, -0.2) is 42.0 Å². The topological polar surface area (TPSA) is 58.4 Å². The largest absolute Gasteiger partial charge is 0.392 e. The zero-order valence-electron chi connectivity index (χ0n) is 9.58. The number of carbonyl (C=O) groups is 1. The molecular weight excluding hydrogens is 210 g/mol. The van der Waals surface area contributed by atoms with Crippen LogP contribution in [0.15, 0.2) is 0 Å². The second-order valence-electron chi connectivity index (χ2n) is 3.53. The number of nitrogens with two attached hydrogens (primary N) is 1. The van der Waals surface area contributed by atoms with Crippen LogP contribution in [0.4, 0.5) is 0 Å². The van der Waals surface area contributed by atoms with E-state index in [2.05, 4.69) is 12.2 Å². The summed E-state index contributed by atoms with van der Waals surface area (Å²) in [7, 11) is 0. The SMILES string of the molecule is CCCNC(=O)CN(CCC)CC(N)=S. The van der Waals surface area contributed by atoms with Crippen molar-refractivity contribution in [2.75, 3.05) is 26.2 Å². The van der Waals surface area contributed by atoms with E-state index in [1.807, 2.05) is 11.8 Å². The molecule has 15 heavy (non-hydrogen) atoms. The summed E-state index contributed by atoms with van der Waals surface area (Å²) in [4.78, 5) is 13.8. The maximum Gasteiger partial charge on any atom is 0.234 e. The van der Waals surface area contributed by atoms with Crippen LogP contribution in [0.2, 0.25) is 0 Å².